The van der Waals surface area contributed by atoms with E-state index in [0.717, 1.165) is 13.0 Å². The quantitative estimate of drug-likeness (QED) is 0.889. The van der Waals surface area contributed by atoms with Crippen molar-refractivity contribution in [1.82, 2.24) is 0 Å². The Bertz CT molecular complexity index is 188. The molecule has 2 N–H and O–H groups in total. The lowest BCUT2D eigenvalue weighted by molar-refractivity contribution is 0.989. The van der Waals surface area contributed by atoms with Gasteiger partial charge in [-0.3, -0.25) is 0 Å². The third kappa shape index (κ3) is 3.14. The Labute approximate surface area is 83.5 Å². The fraction of sp³-hybridized carbons (Fsp3) is 0.333. The van der Waals surface area contributed by atoms with Crippen LogP contribution >= 0.6 is 44.2 Å². The van der Waals surface area contributed by atoms with Crippen LogP contribution in [0.3, 0.4) is 0 Å². The maximum atomic E-state index is 5.36. The van der Waals surface area contributed by atoms with Crippen LogP contribution < -0.4 is 5.73 Å². The molecule has 0 aromatic carbocycles. The Morgan fingerprint density at radius 1 is 1.50 bits per heavy atom. The van der Waals surface area contributed by atoms with Gasteiger partial charge in [-0.15, -0.1) is 28.3 Å². The molecule has 0 atom stereocenters. The first-order chi connectivity index (χ1) is 4.33. The van der Waals surface area contributed by atoms with Gasteiger partial charge in [0.05, 0.1) is 3.79 Å². The van der Waals surface area contributed by atoms with Gasteiger partial charge >= 0.3 is 0 Å². The first-order valence-electron chi connectivity index (χ1n) is 2.77. The molecule has 1 aromatic heterocycles. The maximum absolute atomic E-state index is 5.36. The first-order valence-corrected chi connectivity index (χ1v) is 4.38. The second-order valence-corrected chi connectivity index (χ2v) is 4.29. The second-order valence-electron chi connectivity index (χ2n) is 1.74. The van der Waals surface area contributed by atoms with Crippen LogP contribution in [0.4, 0.5) is 0 Å². The molecular formula is C6H9Br2NS. The minimum atomic E-state index is 0. The van der Waals surface area contributed by atoms with Crippen molar-refractivity contribution in [1.29, 1.82) is 0 Å². The fourth-order valence-electron chi connectivity index (χ4n) is 0.628. The Balaban J connectivity index is 0.000000810. The van der Waals surface area contributed by atoms with Crippen molar-refractivity contribution < 1.29 is 0 Å². The zero-order valence-corrected chi connectivity index (χ0v) is 9.46. The number of halogens is 2. The lowest BCUT2D eigenvalue weighted by atomic mass is 10.3. The van der Waals surface area contributed by atoms with E-state index in [1.165, 1.54) is 8.66 Å². The highest BCUT2D eigenvalue weighted by atomic mass is 79.9. The summed E-state index contributed by atoms with van der Waals surface area (Å²) in [5, 5.41) is 0. The molecule has 0 fully saturated rings. The summed E-state index contributed by atoms with van der Waals surface area (Å²) in [7, 11) is 0. The average molecular weight is 287 g/mol. The van der Waals surface area contributed by atoms with E-state index in [0.29, 0.717) is 0 Å². The molecule has 0 saturated carbocycles. The van der Waals surface area contributed by atoms with Crippen molar-refractivity contribution in [2.75, 3.05) is 6.54 Å². The Kier molecular flexibility index (Phi) is 5.62. The van der Waals surface area contributed by atoms with Gasteiger partial charge in [-0.1, -0.05) is 0 Å². The van der Waals surface area contributed by atoms with E-state index in [9.17, 15) is 0 Å². The van der Waals surface area contributed by atoms with Crippen LogP contribution in [0.25, 0.3) is 0 Å². The van der Waals surface area contributed by atoms with Gasteiger partial charge in [-0.2, -0.15) is 0 Å². The predicted molar refractivity (Wildman–Crippen MR) is 55.1 cm³/mol. The highest BCUT2D eigenvalue weighted by Crippen LogP contribution is 2.21. The van der Waals surface area contributed by atoms with E-state index in [1.54, 1.807) is 11.3 Å². The number of hydrogen-bond donors (Lipinski definition) is 1. The van der Waals surface area contributed by atoms with Crippen molar-refractivity contribution >= 4 is 44.2 Å². The van der Waals surface area contributed by atoms with Crippen molar-refractivity contribution in [3.8, 4) is 0 Å². The number of hydrogen-bond acceptors (Lipinski definition) is 2. The molecule has 58 valence electrons. The summed E-state index contributed by atoms with van der Waals surface area (Å²) in [6.45, 7) is 0.743. The molecule has 1 heterocycles. The van der Waals surface area contributed by atoms with Gasteiger partial charge in [-0.05, 0) is 41.0 Å². The minimum absolute atomic E-state index is 0. The highest BCUT2D eigenvalue weighted by Gasteiger charge is 1.93. The highest BCUT2D eigenvalue weighted by molar-refractivity contribution is 9.11. The van der Waals surface area contributed by atoms with Crippen LogP contribution in [-0.2, 0) is 6.42 Å². The van der Waals surface area contributed by atoms with Gasteiger partial charge in [0.2, 0.25) is 0 Å². The van der Waals surface area contributed by atoms with E-state index in [1.807, 2.05) is 0 Å². The van der Waals surface area contributed by atoms with Gasteiger partial charge in [0.15, 0.2) is 0 Å². The molecule has 0 bridgehead atoms. The van der Waals surface area contributed by atoms with Crippen molar-refractivity contribution in [2.24, 2.45) is 5.73 Å². The van der Waals surface area contributed by atoms with Crippen molar-refractivity contribution in [3.63, 3.8) is 0 Å². The van der Waals surface area contributed by atoms with E-state index >= 15 is 0 Å². The molecule has 1 rings (SSSR count). The summed E-state index contributed by atoms with van der Waals surface area (Å²) in [6.07, 6.45) is 0.996. The lowest BCUT2D eigenvalue weighted by Gasteiger charge is -1.86. The van der Waals surface area contributed by atoms with E-state index < -0.39 is 0 Å². The Morgan fingerprint density at radius 3 is 2.60 bits per heavy atom. The lowest BCUT2D eigenvalue weighted by Crippen LogP contribution is -2.00. The zero-order valence-electron chi connectivity index (χ0n) is 5.34. The van der Waals surface area contributed by atoms with E-state index in [4.69, 9.17) is 5.73 Å². The van der Waals surface area contributed by atoms with Crippen molar-refractivity contribution in [3.05, 3.63) is 20.8 Å². The molecule has 10 heavy (non-hydrogen) atoms. The third-order valence-electron chi connectivity index (χ3n) is 1.02. The summed E-state index contributed by atoms with van der Waals surface area (Å²) >= 11 is 5.13. The predicted octanol–water partition coefficient (Wildman–Crippen LogP) is 2.59. The van der Waals surface area contributed by atoms with Crippen LogP contribution in [0.1, 0.15) is 4.88 Å². The summed E-state index contributed by atoms with van der Waals surface area (Å²) in [5.41, 5.74) is 5.36. The van der Waals surface area contributed by atoms with Gasteiger partial charge in [0.25, 0.3) is 0 Å². The number of rotatable bonds is 2. The second kappa shape index (κ2) is 5.29. The molecular weight excluding hydrogens is 278 g/mol. The largest absolute Gasteiger partial charge is 0.330 e. The first kappa shape index (κ1) is 10.6. The summed E-state index contributed by atoms with van der Waals surface area (Å²) in [5.74, 6) is 0. The summed E-state index contributed by atoms with van der Waals surface area (Å²) in [6, 6.07) is 4.15. The molecule has 0 amide bonds. The van der Waals surface area contributed by atoms with E-state index in [-0.39, 0.29) is 17.0 Å². The molecule has 0 saturated heterocycles. The van der Waals surface area contributed by atoms with Crippen LogP contribution in [0, 0.1) is 0 Å². The van der Waals surface area contributed by atoms with Gasteiger partial charge in [-0.25, -0.2) is 0 Å². The normalized spacial score (nSPS) is 9.00. The molecule has 1 aromatic rings. The minimum Gasteiger partial charge on any atom is -0.330 e. The Hall–Kier alpha value is 0.620. The van der Waals surface area contributed by atoms with Gasteiger partial charge in [0.1, 0.15) is 0 Å². The van der Waals surface area contributed by atoms with Gasteiger partial charge < -0.3 is 5.73 Å². The smallest absolute Gasteiger partial charge is 0.0701 e. The maximum Gasteiger partial charge on any atom is 0.0701 e. The molecule has 0 radical (unpaired) electrons. The summed E-state index contributed by atoms with van der Waals surface area (Å²) < 4.78 is 1.19. The van der Waals surface area contributed by atoms with Crippen LogP contribution in [0.15, 0.2) is 15.9 Å². The molecule has 0 unspecified atom stereocenters. The molecule has 1 nitrogen and oxygen atoms in total. The monoisotopic (exact) mass is 285 g/mol. The van der Waals surface area contributed by atoms with Crippen LogP contribution in [-0.4, -0.2) is 6.54 Å². The number of nitrogens with two attached hydrogens (primary N) is 1. The number of thiophene rings is 1. The third-order valence-corrected chi connectivity index (χ3v) is 2.70. The molecule has 0 spiro atoms. The average Bonchev–Trinajstić information content (AvgIpc) is 2.17. The SMILES string of the molecule is Br.NCCc1ccc(Br)s1. The topological polar surface area (TPSA) is 26.0 Å². The fourth-order valence-corrected chi connectivity index (χ4v) is 2.13. The van der Waals surface area contributed by atoms with E-state index in [2.05, 4.69) is 28.1 Å². The van der Waals surface area contributed by atoms with Crippen molar-refractivity contribution in [2.45, 2.75) is 6.42 Å². The molecule has 0 aliphatic carbocycles. The molecule has 0 aliphatic rings. The summed E-state index contributed by atoms with van der Waals surface area (Å²) in [4.78, 5) is 1.35. The molecule has 0 aliphatic heterocycles. The zero-order chi connectivity index (χ0) is 6.69. The van der Waals surface area contributed by atoms with Crippen LogP contribution in [0.2, 0.25) is 0 Å². The van der Waals surface area contributed by atoms with Gasteiger partial charge in [0, 0.05) is 4.88 Å². The Morgan fingerprint density at radius 2 is 2.20 bits per heavy atom. The van der Waals surface area contributed by atoms with Crippen LogP contribution in [0.5, 0.6) is 0 Å². The standard InChI is InChI=1S/C6H8BrNS.BrH/c7-6-2-1-5(9-6)3-4-8;/h1-2H,3-4,8H2;1H. The molecule has 4 heteroatoms.